The van der Waals surface area contributed by atoms with Gasteiger partial charge in [-0.3, -0.25) is 9.48 Å². The number of hydrogen-bond donors (Lipinski definition) is 1. The molecule has 0 fully saturated rings. The second-order valence-corrected chi connectivity index (χ2v) is 5.01. The van der Waals surface area contributed by atoms with Crippen molar-refractivity contribution < 1.29 is 9.53 Å². The molecule has 0 spiro atoms. The van der Waals surface area contributed by atoms with Gasteiger partial charge in [0, 0.05) is 12.8 Å². The van der Waals surface area contributed by atoms with Crippen molar-refractivity contribution in [3.63, 3.8) is 0 Å². The molecule has 0 bridgehead atoms. The van der Waals surface area contributed by atoms with Crippen LogP contribution in [0, 0.1) is 0 Å². The topological polar surface area (TPSA) is 95.9 Å². The van der Waals surface area contributed by atoms with E-state index in [1.165, 1.54) is 7.11 Å². The first kappa shape index (κ1) is 13.6. The summed E-state index contributed by atoms with van der Waals surface area (Å²) in [5.41, 5.74) is 6.58. The Morgan fingerprint density at radius 3 is 3.05 bits per heavy atom. The van der Waals surface area contributed by atoms with Gasteiger partial charge in [0.05, 0.1) is 30.9 Å². The van der Waals surface area contributed by atoms with Crippen LogP contribution in [0.3, 0.4) is 0 Å². The van der Waals surface area contributed by atoms with Crippen molar-refractivity contribution in [2.45, 2.75) is 12.2 Å². The lowest BCUT2D eigenvalue weighted by Crippen LogP contribution is -2.03. The third-order valence-corrected chi connectivity index (χ3v) is 3.53. The van der Waals surface area contributed by atoms with Gasteiger partial charge in [0.2, 0.25) is 0 Å². The van der Waals surface area contributed by atoms with Crippen LogP contribution in [-0.2, 0) is 22.3 Å². The maximum Gasteiger partial charge on any atom is 0.306 e. The molecule has 0 amide bonds. The smallest absolute Gasteiger partial charge is 0.306 e. The third-order valence-electron chi connectivity index (χ3n) is 2.58. The molecule has 102 valence electrons. The molecule has 0 radical (unpaired) electrons. The van der Waals surface area contributed by atoms with Gasteiger partial charge in [0.25, 0.3) is 0 Å². The number of hydrogen-bond acceptors (Lipinski definition) is 7. The van der Waals surface area contributed by atoms with Crippen LogP contribution in [0.5, 0.6) is 0 Å². The Bertz CT molecular complexity index is 598. The number of carbonyl (C=O) groups excluding carboxylic acids is 1. The lowest BCUT2D eigenvalue weighted by molar-refractivity contribution is -0.140. The van der Waals surface area contributed by atoms with Crippen molar-refractivity contribution in [1.82, 2.24) is 19.7 Å². The minimum absolute atomic E-state index is 0.213. The van der Waals surface area contributed by atoms with E-state index in [2.05, 4.69) is 19.8 Å². The Kier molecular flexibility index (Phi) is 4.20. The summed E-state index contributed by atoms with van der Waals surface area (Å²) in [6.45, 7) is 0. The van der Waals surface area contributed by atoms with Crippen LogP contribution in [0.25, 0.3) is 11.0 Å². The molecule has 0 aliphatic carbocycles. The molecule has 8 heteroatoms. The number of ether oxygens (including phenoxy) is 1. The monoisotopic (exact) mass is 281 g/mol. The molecule has 2 aromatic rings. The number of nitrogen functional groups attached to an aromatic ring is 1. The molecule has 19 heavy (non-hydrogen) atoms. The lowest BCUT2D eigenvalue weighted by atomic mass is 10.4. The number of thioether (sulfide) groups is 1. The summed E-state index contributed by atoms with van der Waals surface area (Å²) >= 11 is 1.56. The van der Waals surface area contributed by atoms with Gasteiger partial charge in [-0.15, -0.1) is 0 Å². The van der Waals surface area contributed by atoms with Gasteiger partial charge in [-0.1, -0.05) is 0 Å². The quantitative estimate of drug-likeness (QED) is 0.638. The van der Waals surface area contributed by atoms with E-state index in [-0.39, 0.29) is 5.97 Å². The third kappa shape index (κ3) is 3.14. The second kappa shape index (κ2) is 5.87. The number of rotatable bonds is 5. The van der Waals surface area contributed by atoms with Crippen molar-refractivity contribution in [3.8, 4) is 0 Å². The number of methoxy groups -OCH3 is 1. The molecule has 2 N–H and O–H groups in total. The second-order valence-electron chi connectivity index (χ2n) is 3.91. The number of fused-ring (bicyclic) bond motifs is 1. The lowest BCUT2D eigenvalue weighted by Gasteiger charge is -2.03. The number of nitrogens with two attached hydrogens (primary N) is 1. The van der Waals surface area contributed by atoms with Crippen molar-refractivity contribution in [3.05, 3.63) is 12.0 Å². The highest BCUT2D eigenvalue weighted by Gasteiger charge is 2.09. The zero-order valence-corrected chi connectivity index (χ0v) is 11.6. The van der Waals surface area contributed by atoms with Crippen LogP contribution in [0.2, 0.25) is 0 Å². The normalized spacial score (nSPS) is 10.8. The van der Waals surface area contributed by atoms with E-state index < -0.39 is 0 Å². The van der Waals surface area contributed by atoms with Crippen LogP contribution in [0.4, 0.5) is 5.82 Å². The molecule has 0 aromatic carbocycles. The van der Waals surface area contributed by atoms with E-state index in [0.29, 0.717) is 29.6 Å². The predicted octanol–water partition coefficient (Wildman–Crippen LogP) is 0.742. The summed E-state index contributed by atoms with van der Waals surface area (Å²) in [5.74, 6) is 2.13. The maximum atomic E-state index is 11.0. The first-order valence-electron chi connectivity index (χ1n) is 5.70. The maximum absolute atomic E-state index is 11.0. The standard InChI is InChI=1S/C11H15N5O2S/c1-16-11-7(5-13-16)10(12)14-8(15-11)6-19-4-3-9(17)18-2/h5H,3-4,6H2,1-2H3,(H2,12,14,15). The van der Waals surface area contributed by atoms with Crippen molar-refractivity contribution >= 4 is 34.6 Å². The van der Waals surface area contributed by atoms with E-state index in [9.17, 15) is 4.79 Å². The summed E-state index contributed by atoms with van der Waals surface area (Å²) in [6.07, 6.45) is 2.03. The highest BCUT2D eigenvalue weighted by Crippen LogP contribution is 2.19. The van der Waals surface area contributed by atoms with Crippen LogP contribution in [0.15, 0.2) is 6.20 Å². The Hall–Kier alpha value is -1.83. The van der Waals surface area contributed by atoms with E-state index in [1.54, 1.807) is 22.6 Å². The van der Waals surface area contributed by atoms with Crippen LogP contribution < -0.4 is 5.73 Å². The molecule has 2 aromatic heterocycles. The van der Waals surface area contributed by atoms with Gasteiger partial charge in [-0.05, 0) is 0 Å². The molecule has 0 saturated carbocycles. The number of carbonyl (C=O) groups is 1. The summed E-state index contributed by atoms with van der Waals surface area (Å²) < 4.78 is 6.23. The predicted molar refractivity (Wildman–Crippen MR) is 73.5 cm³/mol. The largest absolute Gasteiger partial charge is 0.469 e. The Labute approximate surface area is 114 Å². The van der Waals surface area contributed by atoms with Gasteiger partial charge >= 0.3 is 5.97 Å². The fourth-order valence-electron chi connectivity index (χ4n) is 1.58. The first-order chi connectivity index (χ1) is 9.11. The molecule has 0 aliphatic heterocycles. The van der Waals surface area contributed by atoms with Crippen LogP contribution >= 0.6 is 11.8 Å². The van der Waals surface area contributed by atoms with E-state index in [4.69, 9.17) is 5.73 Å². The van der Waals surface area contributed by atoms with E-state index in [1.807, 2.05) is 7.05 Å². The molecular weight excluding hydrogens is 266 g/mol. The highest BCUT2D eigenvalue weighted by atomic mass is 32.2. The fourth-order valence-corrected chi connectivity index (χ4v) is 2.34. The summed E-state index contributed by atoms with van der Waals surface area (Å²) in [7, 11) is 3.19. The molecular formula is C11H15N5O2S. The molecule has 0 unspecified atom stereocenters. The molecule has 2 rings (SSSR count). The summed E-state index contributed by atoms with van der Waals surface area (Å²) in [4.78, 5) is 19.6. The van der Waals surface area contributed by atoms with Crippen molar-refractivity contribution in [1.29, 1.82) is 0 Å². The van der Waals surface area contributed by atoms with Gasteiger partial charge in [0.15, 0.2) is 5.65 Å². The fraction of sp³-hybridized carbons (Fsp3) is 0.455. The number of esters is 1. The Balaban J connectivity index is 2.01. The Morgan fingerprint density at radius 2 is 2.32 bits per heavy atom. The molecule has 0 saturated heterocycles. The van der Waals surface area contributed by atoms with Crippen molar-refractivity contribution in [2.75, 3.05) is 18.6 Å². The number of anilines is 1. The van der Waals surface area contributed by atoms with Gasteiger partial charge < -0.3 is 10.5 Å². The zero-order valence-electron chi connectivity index (χ0n) is 10.8. The van der Waals surface area contributed by atoms with Gasteiger partial charge in [-0.2, -0.15) is 16.9 Å². The summed E-state index contributed by atoms with van der Waals surface area (Å²) in [6, 6.07) is 0. The van der Waals surface area contributed by atoms with E-state index in [0.717, 1.165) is 11.0 Å². The summed E-state index contributed by atoms with van der Waals surface area (Å²) in [5, 5.41) is 4.85. The van der Waals surface area contributed by atoms with E-state index >= 15 is 0 Å². The zero-order chi connectivity index (χ0) is 13.8. The Morgan fingerprint density at radius 1 is 1.53 bits per heavy atom. The molecule has 0 aliphatic rings. The molecule has 0 atom stereocenters. The minimum Gasteiger partial charge on any atom is -0.469 e. The van der Waals surface area contributed by atoms with Crippen LogP contribution in [-0.4, -0.2) is 38.6 Å². The average Bonchev–Trinajstić information content (AvgIpc) is 2.77. The SMILES string of the molecule is COC(=O)CCSCc1nc(N)c2cnn(C)c2n1. The van der Waals surface area contributed by atoms with Gasteiger partial charge in [0.1, 0.15) is 11.6 Å². The average molecular weight is 281 g/mol. The van der Waals surface area contributed by atoms with Crippen molar-refractivity contribution in [2.24, 2.45) is 7.05 Å². The minimum atomic E-state index is -0.213. The molecule has 7 nitrogen and oxygen atoms in total. The highest BCUT2D eigenvalue weighted by molar-refractivity contribution is 7.98. The molecule has 2 heterocycles. The number of nitrogens with zero attached hydrogens (tertiary/aromatic N) is 4. The van der Waals surface area contributed by atoms with Crippen LogP contribution in [0.1, 0.15) is 12.2 Å². The van der Waals surface area contributed by atoms with Gasteiger partial charge in [-0.25, -0.2) is 9.97 Å². The number of aryl methyl sites for hydroxylation is 1. The number of aromatic nitrogens is 4. The first-order valence-corrected chi connectivity index (χ1v) is 6.86.